The summed E-state index contributed by atoms with van der Waals surface area (Å²) in [5, 5.41) is 11.9. The number of nitrogens with zero attached hydrogens (tertiary/aromatic N) is 2. The number of nitrogens with two attached hydrogens (primary N) is 1. The SMILES string of the molecule is CSC1=C(C#N)[CH]NC(N)=N1. The van der Waals surface area contributed by atoms with Gasteiger partial charge in [0.2, 0.25) is 0 Å². The van der Waals surface area contributed by atoms with Crippen molar-refractivity contribution in [2.45, 2.75) is 0 Å². The lowest BCUT2D eigenvalue weighted by Crippen LogP contribution is -2.32. The van der Waals surface area contributed by atoms with Crippen LogP contribution in [0.2, 0.25) is 0 Å². The molecule has 0 fully saturated rings. The molecular weight excluding hydrogens is 160 g/mol. The summed E-state index contributed by atoms with van der Waals surface area (Å²) in [6.45, 7) is 1.55. The van der Waals surface area contributed by atoms with Crippen molar-refractivity contribution in [3.8, 4) is 6.07 Å². The molecular formula is C6H7N4S. The molecule has 5 heteroatoms. The maximum atomic E-state index is 8.58. The van der Waals surface area contributed by atoms with Gasteiger partial charge in [0, 0.05) is 0 Å². The van der Waals surface area contributed by atoms with E-state index in [0.29, 0.717) is 16.6 Å². The number of hydrogen-bond donors (Lipinski definition) is 2. The smallest absolute Gasteiger partial charge is 0.194 e. The zero-order chi connectivity index (χ0) is 8.27. The quantitative estimate of drug-likeness (QED) is 0.583. The molecule has 57 valence electrons. The molecule has 3 N–H and O–H groups in total. The summed E-state index contributed by atoms with van der Waals surface area (Å²) in [5.74, 6) is 0.327. The van der Waals surface area contributed by atoms with E-state index in [4.69, 9.17) is 11.0 Å². The fraction of sp³-hybridized carbons (Fsp3) is 0.167. The molecule has 0 aliphatic carbocycles. The Morgan fingerprint density at radius 3 is 3.09 bits per heavy atom. The average Bonchev–Trinajstić information content (AvgIpc) is 2.04. The third-order valence-electron chi connectivity index (χ3n) is 1.13. The normalized spacial score (nSPS) is 16.9. The molecule has 1 aliphatic rings. The van der Waals surface area contributed by atoms with E-state index in [2.05, 4.69) is 10.3 Å². The fourth-order valence-electron chi connectivity index (χ4n) is 0.645. The number of thioether (sulfide) groups is 1. The molecule has 0 atom stereocenters. The number of guanidine groups is 1. The van der Waals surface area contributed by atoms with E-state index in [-0.39, 0.29) is 0 Å². The third-order valence-corrected chi connectivity index (χ3v) is 1.83. The lowest BCUT2D eigenvalue weighted by atomic mass is 10.3. The highest BCUT2D eigenvalue weighted by Crippen LogP contribution is 2.20. The molecule has 0 aromatic heterocycles. The summed E-state index contributed by atoms with van der Waals surface area (Å²) >= 11 is 1.40. The van der Waals surface area contributed by atoms with Crippen LogP contribution in [-0.2, 0) is 0 Å². The maximum Gasteiger partial charge on any atom is 0.194 e. The first-order valence-electron chi connectivity index (χ1n) is 2.90. The van der Waals surface area contributed by atoms with E-state index < -0.39 is 0 Å². The van der Waals surface area contributed by atoms with Crippen LogP contribution in [0.5, 0.6) is 0 Å². The summed E-state index contributed by atoms with van der Waals surface area (Å²) < 4.78 is 0. The molecule has 0 saturated carbocycles. The van der Waals surface area contributed by atoms with Crippen LogP contribution in [0.15, 0.2) is 15.6 Å². The maximum absolute atomic E-state index is 8.58. The molecule has 0 aromatic rings. The van der Waals surface area contributed by atoms with Gasteiger partial charge in [0.1, 0.15) is 5.03 Å². The Balaban J connectivity index is 2.95. The molecule has 1 aliphatic heterocycles. The van der Waals surface area contributed by atoms with Crippen LogP contribution in [0.4, 0.5) is 0 Å². The van der Waals surface area contributed by atoms with E-state index in [0.717, 1.165) is 0 Å². The van der Waals surface area contributed by atoms with E-state index in [1.165, 1.54) is 11.8 Å². The standard InChI is InChI=1S/C6H7N4S/c1-11-5-4(2-7)3-9-6(8)10-5/h3H,1H3,(H3,8,9,10). The van der Waals surface area contributed by atoms with Crippen molar-refractivity contribution in [2.24, 2.45) is 10.7 Å². The first kappa shape index (κ1) is 7.95. The van der Waals surface area contributed by atoms with Gasteiger partial charge in [0.05, 0.1) is 18.2 Å². The second kappa shape index (κ2) is 3.30. The Morgan fingerprint density at radius 1 is 1.82 bits per heavy atom. The van der Waals surface area contributed by atoms with Gasteiger partial charge < -0.3 is 11.1 Å². The monoisotopic (exact) mass is 167 g/mol. The van der Waals surface area contributed by atoms with Crippen molar-refractivity contribution in [1.82, 2.24) is 5.32 Å². The first-order valence-corrected chi connectivity index (χ1v) is 4.12. The van der Waals surface area contributed by atoms with Gasteiger partial charge in [-0.2, -0.15) is 5.26 Å². The van der Waals surface area contributed by atoms with Crippen LogP contribution < -0.4 is 11.1 Å². The summed E-state index contributed by atoms with van der Waals surface area (Å²) in [7, 11) is 0. The second-order valence-corrected chi connectivity index (χ2v) is 2.62. The molecule has 0 saturated heterocycles. The van der Waals surface area contributed by atoms with Gasteiger partial charge in [0.15, 0.2) is 5.96 Å². The highest BCUT2D eigenvalue weighted by molar-refractivity contribution is 8.02. The van der Waals surface area contributed by atoms with Crippen molar-refractivity contribution < 1.29 is 0 Å². The predicted octanol–water partition coefficient (Wildman–Crippen LogP) is 0.164. The average molecular weight is 167 g/mol. The molecule has 1 rings (SSSR count). The highest BCUT2D eigenvalue weighted by Gasteiger charge is 2.11. The summed E-state index contributed by atoms with van der Waals surface area (Å²) in [6.07, 6.45) is 1.85. The Bertz CT molecular complexity index is 260. The van der Waals surface area contributed by atoms with Crippen LogP contribution in [0, 0.1) is 17.9 Å². The van der Waals surface area contributed by atoms with Gasteiger partial charge in [-0.15, -0.1) is 11.8 Å². The molecule has 1 radical (unpaired) electrons. The van der Waals surface area contributed by atoms with Crippen LogP contribution in [0.25, 0.3) is 0 Å². The van der Waals surface area contributed by atoms with Gasteiger partial charge in [-0.3, -0.25) is 0 Å². The number of nitrogens with one attached hydrogen (secondary N) is 1. The molecule has 0 aromatic carbocycles. The van der Waals surface area contributed by atoms with E-state index in [1.807, 2.05) is 12.3 Å². The Hall–Kier alpha value is -1.15. The minimum Gasteiger partial charge on any atom is -0.370 e. The highest BCUT2D eigenvalue weighted by atomic mass is 32.2. The van der Waals surface area contributed by atoms with Gasteiger partial charge in [0.25, 0.3) is 0 Å². The van der Waals surface area contributed by atoms with E-state index in [9.17, 15) is 0 Å². The van der Waals surface area contributed by atoms with Crippen LogP contribution in [0.1, 0.15) is 0 Å². The van der Waals surface area contributed by atoms with Crippen molar-refractivity contribution in [3.05, 3.63) is 17.1 Å². The summed E-state index contributed by atoms with van der Waals surface area (Å²) in [4.78, 5) is 3.93. The van der Waals surface area contributed by atoms with Gasteiger partial charge in [-0.1, -0.05) is 0 Å². The zero-order valence-corrected chi connectivity index (χ0v) is 6.77. The molecule has 0 bridgehead atoms. The third kappa shape index (κ3) is 1.65. The largest absolute Gasteiger partial charge is 0.370 e. The summed E-state index contributed by atoms with van der Waals surface area (Å²) in [6, 6.07) is 2.00. The summed E-state index contributed by atoms with van der Waals surface area (Å²) in [5.41, 5.74) is 5.89. The lowest BCUT2D eigenvalue weighted by Gasteiger charge is -2.11. The van der Waals surface area contributed by atoms with Crippen molar-refractivity contribution in [1.29, 1.82) is 5.26 Å². The first-order chi connectivity index (χ1) is 5.27. The molecule has 4 nitrogen and oxygen atoms in total. The van der Waals surface area contributed by atoms with Crippen molar-refractivity contribution in [2.75, 3.05) is 6.26 Å². The molecule has 0 spiro atoms. The molecule has 0 amide bonds. The molecule has 1 heterocycles. The molecule has 11 heavy (non-hydrogen) atoms. The Labute approximate surface area is 69.2 Å². The molecule has 0 unspecified atom stereocenters. The van der Waals surface area contributed by atoms with Gasteiger partial charge in [-0.05, 0) is 6.26 Å². The van der Waals surface area contributed by atoms with Gasteiger partial charge in [-0.25, -0.2) is 4.99 Å². The van der Waals surface area contributed by atoms with Crippen LogP contribution in [0.3, 0.4) is 0 Å². The van der Waals surface area contributed by atoms with Crippen molar-refractivity contribution in [3.63, 3.8) is 0 Å². The van der Waals surface area contributed by atoms with Crippen LogP contribution >= 0.6 is 11.8 Å². The predicted molar refractivity (Wildman–Crippen MR) is 45.2 cm³/mol. The number of rotatable bonds is 1. The Morgan fingerprint density at radius 2 is 2.55 bits per heavy atom. The van der Waals surface area contributed by atoms with Crippen LogP contribution in [-0.4, -0.2) is 12.2 Å². The number of hydrogen-bond acceptors (Lipinski definition) is 5. The minimum atomic E-state index is 0.327. The van der Waals surface area contributed by atoms with E-state index >= 15 is 0 Å². The second-order valence-electron chi connectivity index (χ2n) is 1.82. The van der Waals surface area contributed by atoms with Crippen molar-refractivity contribution >= 4 is 17.7 Å². The van der Waals surface area contributed by atoms with E-state index in [1.54, 1.807) is 6.54 Å². The number of aliphatic imine (C=N–C) groups is 1. The topological polar surface area (TPSA) is 74.2 Å². The van der Waals surface area contributed by atoms with Gasteiger partial charge >= 0.3 is 0 Å². The Kier molecular flexibility index (Phi) is 2.39. The number of nitriles is 1. The minimum absolute atomic E-state index is 0.327. The lowest BCUT2D eigenvalue weighted by molar-refractivity contribution is 1.07. The fourth-order valence-corrected chi connectivity index (χ4v) is 1.16. The zero-order valence-electron chi connectivity index (χ0n) is 5.96.